The second-order valence-electron chi connectivity index (χ2n) is 5.03. The quantitative estimate of drug-likeness (QED) is 0.765. The summed E-state index contributed by atoms with van der Waals surface area (Å²) < 4.78 is 0. The third kappa shape index (κ3) is 4.39. The number of unbranched alkanes of at least 4 members (excludes halogenated alkanes) is 2. The summed E-state index contributed by atoms with van der Waals surface area (Å²) in [6, 6.07) is 11.1. The first-order chi connectivity index (χ1) is 10.2. The van der Waals surface area contributed by atoms with Gasteiger partial charge in [-0.3, -0.25) is 4.79 Å². The highest BCUT2D eigenvalue weighted by Gasteiger charge is 2.11. The number of aromatic hydroxyl groups is 1. The van der Waals surface area contributed by atoms with Crippen LogP contribution in [-0.2, 0) is 0 Å². The lowest BCUT2D eigenvalue weighted by molar-refractivity contribution is 0.0950. The summed E-state index contributed by atoms with van der Waals surface area (Å²) in [6.45, 7) is 0.652. The van der Waals surface area contributed by atoms with E-state index in [1.54, 1.807) is 12.1 Å². The van der Waals surface area contributed by atoms with E-state index < -0.39 is 0 Å². The van der Waals surface area contributed by atoms with Gasteiger partial charge in [0.2, 0.25) is 0 Å². The minimum absolute atomic E-state index is 0.0357. The number of carbonyl (C=O) groups excluding carboxylic acids is 1. The first kappa shape index (κ1) is 15.7. The van der Waals surface area contributed by atoms with E-state index in [-0.39, 0.29) is 11.7 Å². The van der Waals surface area contributed by atoms with E-state index in [4.69, 9.17) is 0 Å². The number of rotatable bonds is 7. The van der Waals surface area contributed by atoms with Crippen molar-refractivity contribution in [2.45, 2.75) is 19.3 Å². The van der Waals surface area contributed by atoms with Crippen molar-refractivity contribution >= 4 is 28.4 Å². The van der Waals surface area contributed by atoms with Crippen molar-refractivity contribution < 1.29 is 9.90 Å². The fraction of sp³-hybridized carbons (Fsp3) is 0.353. The van der Waals surface area contributed by atoms with Gasteiger partial charge in [0.05, 0.1) is 5.56 Å². The van der Waals surface area contributed by atoms with Crippen LogP contribution in [0, 0.1) is 0 Å². The maximum Gasteiger partial charge on any atom is 0.255 e. The van der Waals surface area contributed by atoms with Crippen molar-refractivity contribution in [3.05, 3.63) is 42.0 Å². The average Bonchev–Trinajstić information content (AvgIpc) is 2.49. The summed E-state index contributed by atoms with van der Waals surface area (Å²) in [4.78, 5) is 12.1. The van der Waals surface area contributed by atoms with Crippen LogP contribution in [0.1, 0.15) is 29.6 Å². The van der Waals surface area contributed by atoms with Crippen molar-refractivity contribution in [3.63, 3.8) is 0 Å². The van der Waals surface area contributed by atoms with Gasteiger partial charge in [0, 0.05) is 6.54 Å². The Bertz CT molecular complexity index is 613. The number of phenols is 1. The van der Waals surface area contributed by atoms with Gasteiger partial charge in [0.1, 0.15) is 5.75 Å². The van der Waals surface area contributed by atoms with Crippen molar-refractivity contribution in [2.75, 3.05) is 18.6 Å². The Morgan fingerprint density at radius 1 is 1.14 bits per heavy atom. The van der Waals surface area contributed by atoms with Gasteiger partial charge in [-0.1, -0.05) is 30.7 Å². The van der Waals surface area contributed by atoms with Crippen molar-refractivity contribution in [1.29, 1.82) is 0 Å². The van der Waals surface area contributed by atoms with Crippen LogP contribution in [0.15, 0.2) is 36.4 Å². The minimum Gasteiger partial charge on any atom is -0.507 e. The Hall–Kier alpha value is -1.68. The van der Waals surface area contributed by atoms with E-state index >= 15 is 0 Å². The molecule has 21 heavy (non-hydrogen) atoms. The molecule has 0 aromatic heterocycles. The van der Waals surface area contributed by atoms with Gasteiger partial charge in [-0.15, -0.1) is 0 Å². The summed E-state index contributed by atoms with van der Waals surface area (Å²) in [5, 5.41) is 14.8. The highest BCUT2D eigenvalue weighted by molar-refractivity contribution is 7.98. The molecule has 0 fully saturated rings. The van der Waals surface area contributed by atoms with E-state index in [2.05, 4.69) is 11.6 Å². The zero-order valence-electron chi connectivity index (χ0n) is 12.3. The third-order valence-corrected chi connectivity index (χ3v) is 4.12. The van der Waals surface area contributed by atoms with Gasteiger partial charge < -0.3 is 10.4 Å². The summed E-state index contributed by atoms with van der Waals surface area (Å²) in [7, 11) is 0. The standard InChI is InChI=1S/C17H21NO2S/c1-21-10-6-2-5-9-18-17(20)15-11-13-7-3-4-8-14(13)12-16(15)19/h3-4,7-8,11-12,19H,2,5-6,9-10H2,1H3,(H,18,20). The molecule has 2 aromatic rings. The number of carbonyl (C=O) groups is 1. The maximum atomic E-state index is 12.1. The summed E-state index contributed by atoms with van der Waals surface area (Å²) >= 11 is 1.85. The number of benzene rings is 2. The molecule has 2 aromatic carbocycles. The fourth-order valence-electron chi connectivity index (χ4n) is 2.26. The van der Waals surface area contributed by atoms with Gasteiger partial charge >= 0.3 is 0 Å². The first-order valence-electron chi connectivity index (χ1n) is 7.21. The van der Waals surface area contributed by atoms with E-state index in [9.17, 15) is 9.90 Å². The molecule has 0 spiro atoms. The van der Waals surface area contributed by atoms with Crippen LogP contribution in [0.4, 0.5) is 0 Å². The zero-order chi connectivity index (χ0) is 15.1. The Morgan fingerprint density at radius 3 is 2.57 bits per heavy atom. The van der Waals surface area contributed by atoms with Crippen LogP contribution in [0.5, 0.6) is 5.75 Å². The van der Waals surface area contributed by atoms with Crippen molar-refractivity contribution in [3.8, 4) is 5.75 Å². The molecule has 112 valence electrons. The number of fused-ring (bicyclic) bond motifs is 1. The Kier molecular flexibility index (Phi) is 5.93. The number of hydrogen-bond acceptors (Lipinski definition) is 3. The van der Waals surface area contributed by atoms with Crippen molar-refractivity contribution in [2.24, 2.45) is 0 Å². The molecular weight excluding hydrogens is 282 g/mol. The summed E-state index contributed by atoms with van der Waals surface area (Å²) in [5.74, 6) is 0.996. The second-order valence-corrected chi connectivity index (χ2v) is 6.01. The van der Waals surface area contributed by atoms with Crippen LogP contribution in [0.2, 0.25) is 0 Å². The van der Waals surface area contributed by atoms with E-state index in [1.165, 1.54) is 12.2 Å². The molecular formula is C17H21NO2S. The van der Waals surface area contributed by atoms with Crippen LogP contribution in [0.3, 0.4) is 0 Å². The van der Waals surface area contributed by atoms with Crippen LogP contribution in [-0.4, -0.2) is 29.6 Å². The van der Waals surface area contributed by atoms with E-state index in [1.807, 2.05) is 36.0 Å². The van der Waals surface area contributed by atoms with Gasteiger partial charge in [-0.25, -0.2) is 0 Å². The lowest BCUT2D eigenvalue weighted by Gasteiger charge is -2.08. The highest BCUT2D eigenvalue weighted by Crippen LogP contribution is 2.24. The number of nitrogens with one attached hydrogen (secondary N) is 1. The molecule has 2 rings (SSSR count). The number of amides is 1. The second kappa shape index (κ2) is 7.93. The van der Waals surface area contributed by atoms with Crippen LogP contribution in [0.25, 0.3) is 10.8 Å². The lowest BCUT2D eigenvalue weighted by atomic mass is 10.1. The molecule has 2 N–H and O–H groups in total. The number of hydrogen-bond donors (Lipinski definition) is 2. The largest absolute Gasteiger partial charge is 0.507 e. The SMILES string of the molecule is CSCCCCCNC(=O)c1cc2ccccc2cc1O. The Labute approximate surface area is 129 Å². The zero-order valence-corrected chi connectivity index (χ0v) is 13.1. The van der Waals surface area contributed by atoms with Crippen LogP contribution >= 0.6 is 11.8 Å². The first-order valence-corrected chi connectivity index (χ1v) is 8.60. The molecule has 0 aliphatic heterocycles. The van der Waals surface area contributed by atoms with Gasteiger partial charge in [-0.05, 0) is 47.8 Å². The smallest absolute Gasteiger partial charge is 0.255 e. The van der Waals surface area contributed by atoms with E-state index in [0.29, 0.717) is 12.1 Å². The molecule has 0 radical (unpaired) electrons. The van der Waals surface area contributed by atoms with E-state index in [0.717, 1.165) is 23.6 Å². The molecule has 0 aliphatic rings. The molecule has 0 aliphatic carbocycles. The fourth-order valence-corrected chi connectivity index (χ4v) is 2.75. The monoisotopic (exact) mass is 303 g/mol. The Morgan fingerprint density at radius 2 is 1.86 bits per heavy atom. The molecule has 4 heteroatoms. The third-order valence-electron chi connectivity index (χ3n) is 3.42. The number of phenolic OH excluding ortho intramolecular Hbond substituents is 1. The topological polar surface area (TPSA) is 49.3 Å². The van der Waals surface area contributed by atoms with Gasteiger partial charge in [-0.2, -0.15) is 11.8 Å². The molecule has 0 bridgehead atoms. The predicted octanol–water partition coefficient (Wildman–Crippen LogP) is 3.81. The summed E-state index contributed by atoms with van der Waals surface area (Å²) in [6.07, 6.45) is 5.37. The maximum absolute atomic E-state index is 12.1. The minimum atomic E-state index is -0.205. The van der Waals surface area contributed by atoms with Crippen molar-refractivity contribution in [1.82, 2.24) is 5.32 Å². The van der Waals surface area contributed by atoms with Gasteiger partial charge in [0.25, 0.3) is 5.91 Å². The van der Waals surface area contributed by atoms with Crippen LogP contribution < -0.4 is 5.32 Å². The highest BCUT2D eigenvalue weighted by atomic mass is 32.2. The Balaban J connectivity index is 1.94. The average molecular weight is 303 g/mol. The summed E-state index contributed by atoms with van der Waals surface area (Å²) in [5.41, 5.74) is 0.345. The molecule has 0 saturated carbocycles. The molecule has 1 amide bonds. The molecule has 0 unspecified atom stereocenters. The lowest BCUT2D eigenvalue weighted by Crippen LogP contribution is -2.24. The van der Waals surface area contributed by atoms with Gasteiger partial charge in [0.15, 0.2) is 0 Å². The molecule has 3 nitrogen and oxygen atoms in total. The predicted molar refractivity (Wildman–Crippen MR) is 90.2 cm³/mol. The normalized spacial score (nSPS) is 10.7. The molecule has 0 heterocycles. The molecule has 0 atom stereocenters. The number of thioether (sulfide) groups is 1. The molecule has 0 saturated heterocycles.